The normalized spacial score (nSPS) is 13.4. The molecule has 2 aliphatic carbocycles. The lowest BCUT2D eigenvalue weighted by atomic mass is 9.70. The Morgan fingerprint density at radius 2 is 0.737 bits per heavy atom. The number of fused-ring (bicyclic) bond motifs is 16. The topological polar surface area (TPSA) is 9.86 Å². The summed E-state index contributed by atoms with van der Waals surface area (Å²) in [6.07, 6.45) is 0. The Balaban J connectivity index is 1.03. The molecule has 11 aromatic rings. The summed E-state index contributed by atoms with van der Waals surface area (Å²) < 4.78 is 4.88. The van der Waals surface area contributed by atoms with Crippen molar-refractivity contribution in [2.45, 2.75) is 5.41 Å². The monoisotopic (exact) mass is 722 g/mol. The zero-order valence-electron chi connectivity index (χ0n) is 31.0. The molecule has 0 aliphatic heterocycles. The van der Waals surface area contributed by atoms with E-state index in [0.29, 0.717) is 0 Å². The molecule has 0 unspecified atom stereocenters. The third-order valence-corrected chi connectivity index (χ3v) is 12.9. The van der Waals surface area contributed by atoms with Gasteiger partial charge in [0.25, 0.3) is 0 Å². The Hall–Kier alpha value is -7.42. The quantitative estimate of drug-likeness (QED) is 0.172. The first-order chi connectivity index (χ1) is 28.3. The number of aromatic nitrogens is 2. The maximum Gasteiger partial charge on any atom is 0.0726 e. The zero-order chi connectivity index (χ0) is 37.2. The summed E-state index contributed by atoms with van der Waals surface area (Å²) in [5, 5.41) is 5.04. The minimum absolute atomic E-state index is 0.387. The SMILES string of the molecule is c1ccc(-n2c3ccccc3c3ccc(-c4ccc5c(c4)c4ccccc4n5-c4ccc5c(c4)C4(c6ccccc6-c6ccccc64)c4ccccc4-5)cc32)cc1. The van der Waals surface area contributed by atoms with Crippen LogP contribution in [0.2, 0.25) is 0 Å². The van der Waals surface area contributed by atoms with Crippen molar-refractivity contribution in [1.82, 2.24) is 9.13 Å². The number of para-hydroxylation sites is 3. The van der Waals surface area contributed by atoms with Gasteiger partial charge < -0.3 is 9.13 Å². The number of benzene rings is 9. The number of hydrogen-bond donors (Lipinski definition) is 0. The molecule has 2 heterocycles. The van der Waals surface area contributed by atoms with Gasteiger partial charge in [-0.2, -0.15) is 0 Å². The predicted octanol–water partition coefficient (Wildman–Crippen LogP) is 13.9. The van der Waals surface area contributed by atoms with Gasteiger partial charge in [0.05, 0.1) is 27.5 Å². The van der Waals surface area contributed by atoms with Gasteiger partial charge in [0, 0.05) is 32.9 Å². The van der Waals surface area contributed by atoms with Crippen LogP contribution in [0.25, 0.3) is 88.4 Å². The third kappa shape index (κ3) is 3.99. The molecule has 2 aliphatic rings. The van der Waals surface area contributed by atoms with E-state index in [1.54, 1.807) is 0 Å². The molecule has 13 rings (SSSR count). The molecule has 0 N–H and O–H groups in total. The second-order valence-electron chi connectivity index (χ2n) is 15.6. The van der Waals surface area contributed by atoms with Gasteiger partial charge in [-0.15, -0.1) is 0 Å². The van der Waals surface area contributed by atoms with E-state index in [1.807, 2.05) is 0 Å². The molecule has 0 amide bonds. The average molecular weight is 723 g/mol. The predicted molar refractivity (Wildman–Crippen MR) is 237 cm³/mol. The molecular weight excluding hydrogens is 689 g/mol. The lowest BCUT2D eigenvalue weighted by Gasteiger charge is -2.30. The van der Waals surface area contributed by atoms with E-state index in [1.165, 1.54) is 111 Å². The van der Waals surface area contributed by atoms with E-state index >= 15 is 0 Å². The Bertz CT molecular complexity index is 3410. The van der Waals surface area contributed by atoms with Crippen molar-refractivity contribution in [2.24, 2.45) is 0 Å². The van der Waals surface area contributed by atoms with Crippen LogP contribution in [-0.4, -0.2) is 9.13 Å². The van der Waals surface area contributed by atoms with Crippen LogP contribution in [0.5, 0.6) is 0 Å². The summed E-state index contributed by atoms with van der Waals surface area (Å²) in [5.41, 5.74) is 20.0. The van der Waals surface area contributed by atoms with Crippen LogP contribution in [0.15, 0.2) is 206 Å². The van der Waals surface area contributed by atoms with Crippen LogP contribution >= 0.6 is 0 Å². The summed E-state index contributed by atoms with van der Waals surface area (Å²) in [6.45, 7) is 0. The highest BCUT2D eigenvalue weighted by molar-refractivity contribution is 6.12. The fourth-order valence-corrected chi connectivity index (χ4v) is 10.7. The smallest absolute Gasteiger partial charge is 0.0726 e. The van der Waals surface area contributed by atoms with Gasteiger partial charge in [-0.1, -0.05) is 152 Å². The average Bonchev–Trinajstić information content (AvgIpc) is 3.98. The minimum Gasteiger partial charge on any atom is -0.309 e. The minimum atomic E-state index is -0.387. The van der Waals surface area contributed by atoms with E-state index in [4.69, 9.17) is 0 Å². The summed E-state index contributed by atoms with van der Waals surface area (Å²) in [7, 11) is 0. The van der Waals surface area contributed by atoms with Crippen molar-refractivity contribution < 1.29 is 0 Å². The van der Waals surface area contributed by atoms with Crippen molar-refractivity contribution in [3.63, 3.8) is 0 Å². The lowest BCUT2D eigenvalue weighted by molar-refractivity contribution is 0.792. The van der Waals surface area contributed by atoms with Crippen LogP contribution in [0.4, 0.5) is 0 Å². The molecule has 2 nitrogen and oxygen atoms in total. The van der Waals surface area contributed by atoms with Crippen molar-refractivity contribution in [3.8, 4) is 44.8 Å². The second kappa shape index (κ2) is 11.3. The van der Waals surface area contributed by atoms with E-state index in [0.717, 1.165) is 0 Å². The van der Waals surface area contributed by atoms with Gasteiger partial charge in [0.2, 0.25) is 0 Å². The van der Waals surface area contributed by atoms with E-state index < -0.39 is 0 Å². The first-order valence-corrected chi connectivity index (χ1v) is 19.9. The Morgan fingerprint density at radius 3 is 1.40 bits per heavy atom. The first kappa shape index (κ1) is 30.9. The zero-order valence-corrected chi connectivity index (χ0v) is 31.0. The summed E-state index contributed by atoms with van der Waals surface area (Å²) >= 11 is 0. The molecule has 0 radical (unpaired) electrons. The van der Waals surface area contributed by atoms with E-state index in [9.17, 15) is 0 Å². The summed E-state index contributed by atoms with van der Waals surface area (Å²) in [4.78, 5) is 0. The van der Waals surface area contributed by atoms with Crippen LogP contribution in [0, 0.1) is 0 Å². The number of nitrogens with zero attached hydrogens (tertiary/aromatic N) is 2. The molecule has 2 heteroatoms. The molecule has 264 valence electrons. The highest BCUT2D eigenvalue weighted by Crippen LogP contribution is 2.63. The van der Waals surface area contributed by atoms with Gasteiger partial charge in [0.15, 0.2) is 0 Å². The molecule has 9 aromatic carbocycles. The van der Waals surface area contributed by atoms with Gasteiger partial charge >= 0.3 is 0 Å². The maximum atomic E-state index is 2.49. The van der Waals surface area contributed by atoms with Crippen molar-refractivity contribution >= 4 is 43.6 Å². The largest absolute Gasteiger partial charge is 0.309 e. The highest BCUT2D eigenvalue weighted by Gasteiger charge is 2.51. The number of rotatable bonds is 3. The summed E-state index contributed by atoms with van der Waals surface area (Å²) in [5.74, 6) is 0. The second-order valence-corrected chi connectivity index (χ2v) is 15.6. The molecule has 0 bridgehead atoms. The van der Waals surface area contributed by atoms with Crippen LogP contribution in [0.1, 0.15) is 22.3 Å². The fourth-order valence-electron chi connectivity index (χ4n) is 10.7. The first-order valence-electron chi connectivity index (χ1n) is 19.9. The third-order valence-electron chi connectivity index (χ3n) is 12.9. The van der Waals surface area contributed by atoms with E-state index in [2.05, 4.69) is 215 Å². The molecule has 0 saturated heterocycles. The number of hydrogen-bond acceptors (Lipinski definition) is 0. The fraction of sp³-hybridized carbons (Fsp3) is 0.0182. The highest BCUT2D eigenvalue weighted by atomic mass is 15.0. The Morgan fingerprint density at radius 1 is 0.263 bits per heavy atom. The van der Waals surface area contributed by atoms with Crippen LogP contribution in [-0.2, 0) is 5.41 Å². The lowest BCUT2D eigenvalue weighted by Crippen LogP contribution is -2.26. The van der Waals surface area contributed by atoms with Crippen LogP contribution in [0.3, 0.4) is 0 Å². The van der Waals surface area contributed by atoms with Crippen molar-refractivity contribution in [3.05, 3.63) is 229 Å². The van der Waals surface area contributed by atoms with Gasteiger partial charge in [-0.05, 0) is 110 Å². The summed E-state index contributed by atoms with van der Waals surface area (Å²) in [6, 6.07) is 76.7. The maximum absolute atomic E-state index is 2.49. The molecule has 0 saturated carbocycles. The molecular formula is C55H34N2. The molecule has 1 spiro atoms. The molecule has 0 atom stereocenters. The molecule has 0 fully saturated rings. The Labute approximate surface area is 330 Å². The molecule has 57 heavy (non-hydrogen) atoms. The standard InChI is InChI=1S/C55H34N2/c1-2-14-37(15-3-1)56-51-24-12-7-19-43(51)45-29-26-36(33-54(45)56)35-27-31-53-46(32-35)44-20-8-13-25-52(44)57(53)38-28-30-42-41-18-6-11-23-49(41)55(50(42)34-38)47-21-9-4-16-39(47)40-17-5-10-22-48(40)55/h1-34H. The van der Waals surface area contributed by atoms with Crippen molar-refractivity contribution in [1.29, 1.82) is 0 Å². The van der Waals surface area contributed by atoms with E-state index in [-0.39, 0.29) is 5.41 Å². The van der Waals surface area contributed by atoms with Gasteiger partial charge in [-0.3, -0.25) is 0 Å². The molecule has 2 aromatic heterocycles. The van der Waals surface area contributed by atoms with Crippen molar-refractivity contribution in [2.75, 3.05) is 0 Å². The van der Waals surface area contributed by atoms with Gasteiger partial charge in [-0.25, -0.2) is 0 Å². The van der Waals surface area contributed by atoms with Gasteiger partial charge in [0.1, 0.15) is 0 Å². The van der Waals surface area contributed by atoms with Crippen LogP contribution < -0.4 is 0 Å². The Kier molecular flexibility index (Phi) is 6.13.